The summed E-state index contributed by atoms with van der Waals surface area (Å²) in [5.41, 5.74) is 0. The van der Waals surface area contributed by atoms with E-state index < -0.39 is 12.3 Å². The molecule has 0 aromatic heterocycles. The van der Waals surface area contributed by atoms with E-state index in [0.29, 0.717) is 0 Å². The number of carbonyl (C=O) groups excluding carboxylic acids is 1. The second-order valence-electron chi connectivity index (χ2n) is 0.0680. The first-order chi connectivity index (χ1) is 2.41. The first kappa shape index (κ1) is 40.4. The number of hydrogen-bond acceptors (Lipinski definition) is 4. The summed E-state index contributed by atoms with van der Waals surface area (Å²) in [6.45, 7) is 2.00. The summed E-state index contributed by atoms with van der Waals surface area (Å²) >= 11 is -0.750. The molecular weight excluding hydrogens is 250 g/mol. The summed E-state index contributed by atoms with van der Waals surface area (Å²) in [5.74, 6) is 0. The van der Waals surface area contributed by atoms with Gasteiger partial charge >= 0.3 is 59.1 Å². The van der Waals surface area contributed by atoms with Crippen molar-refractivity contribution >= 4 is 19.1 Å². The van der Waals surface area contributed by atoms with Crippen LogP contribution in [0.15, 0.2) is 0 Å². The van der Waals surface area contributed by atoms with Crippen LogP contribution in [0.2, 0.25) is 0 Å². The minimum absolute atomic E-state index is 0. The molecular formula is CH2Fe2Na2O3S. The molecule has 0 aliphatic heterocycles. The van der Waals surface area contributed by atoms with Crippen molar-refractivity contribution in [2.45, 2.75) is 0 Å². The molecule has 9 heavy (non-hydrogen) atoms. The molecule has 0 atom stereocenters. The van der Waals surface area contributed by atoms with Gasteiger partial charge in [0.15, 0.2) is 0 Å². The van der Waals surface area contributed by atoms with Crippen molar-refractivity contribution in [3.63, 3.8) is 0 Å². The van der Waals surface area contributed by atoms with Crippen molar-refractivity contribution in [1.29, 1.82) is 0 Å². The summed E-state index contributed by atoms with van der Waals surface area (Å²) in [6.07, 6.45) is 0. The second-order valence-corrected chi connectivity index (χ2v) is 0.204. The quantitative estimate of drug-likeness (QED) is 0.318. The maximum Gasteiger partial charge on any atom is 1.00 e. The van der Waals surface area contributed by atoms with Gasteiger partial charge in [0.2, 0.25) is 0 Å². The Balaban J connectivity index is -0.00000000357. The molecule has 0 fully saturated rings. The van der Waals surface area contributed by atoms with Gasteiger partial charge in [-0.1, -0.05) is 0 Å². The SMILES string of the molecule is C=O.[Fe].[Fe].[Na+].[Na+].[O-]S[O-]. The molecule has 0 N–H and O–H groups in total. The van der Waals surface area contributed by atoms with E-state index in [9.17, 15) is 0 Å². The smallest absolute Gasteiger partial charge is 0.811 e. The molecule has 0 spiro atoms. The first-order valence-electron chi connectivity index (χ1n) is 0.622. The molecule has 0 aliphatic carbocycles. The summed E-state index contributed by atoms with van der Waals surface area (Å²) in [6, 6.07) is 0. The van der Waals surface area contributed by atoms with E-state index in [1.54, 1.807) is 0 Å². The minimum Gasteiger partial charge on any atom is -0.811 e. The molecule has 0 rings (SSSR count). The van der Waals surface area contributed by atoms with Gasteiger partial charge in [-0.15, -0.1) is 0 Å². The van der Waals surface area contributed by atoms with Gasteiger partial charge in [0, 0.05) is 34.1 Å². The molecule has 0 radical (unpaired) electrons. The van der Waals surface area contributed by atoms with Crippen molar-refractivity contribution in [3.05, 3.63) is 0 Å². The third-order valence-electron chi connectivity index (χ3n) is 0. The van der Waals surface area contributed by atoms with Gasteiger partial charge in [-0.25, -0.2) is 0 Å². The van der Waals surface area contributed by atoms with Gasteiger partial charge in [0.05, 0.1) is 0 Å². The predicted molar refractivity (Wildman–Crippen MR) is 16.3 cm³/mol. The fraction of sp³-hybridized carbons (Fsp3) is 0. The normalized spacial score (nSPS) is 2.44. The van der Waals surface area contributed by atoms with Gasteiger partial charge < -0.3 is 26.2 Å². The monoisotopic (exact) mass is 252 g/mol. The maximum atomic E-state index is 8.29. The fourth-order valence-corrected chi connectivity index (χ4v) is 0. The number of carbonyl (C=O) groups is 1. The standard InChI is InChI=1S/CH2O.2Fe.2Na.H2O2S/c1-2;;;;;1-3-2/h1H2;;;;;1-2H/q;;;2*+1;/p-2. The summed E-state index contributed by atoms with van der Waals surface area (Å²) in [7, 11) is 0. The molecule has 3 nitrogen and oxygen atoms in total. The Bertz CT molecular complexity index is 23.8. The average molecular weight is 252 g/mol. The van der Waals surface area contributed by atoms with E-state index >= 15 is 0 Å². The van der Waals surface area contributed by atoms with E-state index in [4.69, 9.17) is 13.9 Å². The molecule has 0 aliphatic rings. The van der Waals surface area contributed by atoms with Gasteiger partial charge in [-0.05, 0) is 0 Å². The summed E-state index contributed by atoms with van der Waals surface area (Å²) in [4.78, 5) is 8.00. The van der Waals surface area contributed by atoms with Crippen LogP contribution in [0.3, 0.4) is 0 Å². The van der Waals surface area contributed by atoms with Gasteiger partial charge in [-0.2, -0.15) is 0 Å². The van der Waals surface area contributed by atoms with Gasteiger partial charge in [0.1, 0.15) is 6.79 Å². The number of hydrogen-bond donors (Lipinski definition) is 0. The van der Waals surface area contributed by atoms with Crippen molar-refractivity contribution in [1.82, 2.24) is 0 Å². The van der Waals surface area contributed by atoms with Crippen LogP contribution in [0.4, 0.5) is 0 Å². The molecule has 0 aromatic rings. The molecule has 48 valence electrons. The summed E-state index contributed by atoms with van der Waals surface area (Å²) in [5, 5.41) is 0. The zero-order valence-corrected chi connectivity index (χ0v) is 12.1. The van der Waals surface area contributed by atoms with Gasteiger partial charge in [-0.3, -0.25) is 0 Å². The zero-order valence-electron chi connectivity index (χ0n) is 5.05. The Kier molecular flexibility index (Phi) is 310. The average Bonchev–Trinajstić information content (AvgIpc) is 1.46. The largest absolute Gasteiger partial charge is 1.00 e. The van der Waals surface area contributed by atoms with Crippen LogP contribution in [0.1, 0.15) is 0 Å². The molecule has 0 bridgehead atoms. The Morgan fingerprint density at radius 3 is 1.00 bits per heavy atom. The minimum atomic E-state index is -0.750. The Morgan fingerprint density at radius 2 is 1.00 bits per heavy atom. The molecule has 0 saturated carbocycles. The van der Waals surface area contributed by atoms with E-state index in [-0.39, 0.29) is 93.3 Å². The molecule has 0 saturated heterocycles. The van der Waals surface area contributed by atoms with E-state index in [2.05, 4.69) is 0 Å². The third kappa shape index (κ3) is 99.7. The van der Waals surface area contributed by atoms with Crippen LogP contribution < -0.4 is 59.1 Å². The Hall–Kier alpha value is 2.98. The Morgan fingerprint density at radius 1 is 1.00 bits per heavy atom. The van der Waals surface area contributed by atoms with Gasteiger partial charge in [0.25, 0.3) is 0 Å². The van der Waals surface area contributed by atoms with Crippen molar-refractivity contribution in [2.75, 3.05) is 0 Å². The molecule has 0 amide bonds. The van der Waals surface area contributed by atoms with Crippen LogP contribution in [0.5, 0.6) is 0 Å². The Labute approximate surface area is 124 Å². The molecule has 0 unspecified atom stereocenters. The fourth-order valence-electron chi connectivity index (χ4n) is 0. The topological polar surface area (TPSA) is 63.2 Å². The zero-order chi connectivity index (χ0) is 4.71. The van der Waals surface area contributed by atoms with Crippen LogP contribution in [0.25, 0.3) is 0 Å². The number of rotatable bonds is 0. The van der Waals surface area contributed by atoms with Crippen molar-refractivity contribution in [3.8, 4) is 0 Å². The third-order valence-corrected chi connectivity index (χ3v) is 0. The molecule has 8 heteroatoms. The maximum absolute atomic E-state index is 8.29. The van der Waals surface area contributed by atoms with E-state index in [1.807, 2.05) is 6.79 Å². The van der Waals surface area contributed by atoms with Crippen LogP contribution >= 0.6 is 12.3 Å². The van der Waals surface area contributed by atoms with Crippen molar-refractivity contribution in [2.24, 2.45) is 0 Å². The predicted octanol–water partition coefficient (Wildman–Crippen LogP) is -6.20. The molecule has 0 heterocycles. The van der Waals surface area contributed by atoms with E-state index in [1.165, 1.54) is 0 Å². The van der Waals surface area contributed by atoms with E-state index in [0.717, 1.165) is 0 Å². The van der Waals surface area contributed by atoms with Crippen LogP contribution in [-0.2, 0) is 38.9 Å². The van der Waals surface area contributed by atoms with Crippen molar-refractivity contribution < 1.29 is 107 Å². The first-order valence-corrected chi connectivity index (χ1v) is 1.29. The summed E-state index contributed by atoms with van der Waals surface area (Å²) < 4.78 is 16.6. The second kappa shape index (κ2) is 69.1. The van der Waals surface area contributed by atoms with Crippen LogP contribution in [0, 0.1) is 0 Å². The van der Waals surface area contributed by atoms with Crippen LogP contribution in [-0.4, -0.2) is 15.9 Å². The molecule has 0 aromatic carbocycles.